The van der Waals surface area contributed by atoms with Gasteiger partial charge in [-0.15, -0.1) is 11.3 Å². The fourth-order valence-corrected chi connectivity index (χ4v) is 4.42. The maximum atomic E-state index is 6.15. The molecule has 0 radical (unpaired) electrons. The van der Waals surface area contributed by atoms with E-state index in [9.17, 15) is 0 Å². The number of nitrogens with one attached hydrogen (secondary N) is 1. The van der Waals surface area contributed by atoms with E-state index in [1.54, 1.807) is 11.3 Å². The average molecular weight is 471 g/mol. The summed E-state index contributed by atoms with van der Waals surface area (Å²) < 4.78 is 2.43. The van der Waals surface area contributed by atoms with Crippen LogP contribution in [0.2, 0.25) is 5.02 Å². The third kappa shape index (κ3) is 3.73. The van der Waals surface area contributed by atoms with Crippen LogP contribution < -0.4 is 5.32 Å². The van der Waals surface area contributed by atoms with E-state index < -0.39 is 0 Å². The molecule has 19 heavy (non-hydrogen) atoms. The van der Waals surface area contributed by atoms with E-state index in [1.807, 2.05) is 6.07 Å². The van der Waals surface area contributed by atoms with Gasteiger partial charge in [0.15, 0.2) is 0 Å². The van der Waals surface area contributed by atoms with E-state index >= 15 is 0 Å². The zero-order chi connectivity index (χ0) is 14.0. The minimum absolute atomic E-state index is 0.200. The average Bonchev–Trinajstić information content (AvgIpc) is 2.70. The van der Waals surface area contributed by atoms with Gasteiger partial charge in [-0.2, -0.15) is 0 Å². The van der Waals surface area contributed by atoms with Gasteiger partial charge >= 0.3 is 0 Å². The molecule has 1 unspecified atom stereocenters. The first kappa shape index (κ1) is 15.8. The second-order valence-corrected chi connectivity index (χ2v) is 8.26. The van der Waals surface area contributed by atoms with Crippen LogP contribution in [-0.2, 0) is 0 Å². The highest BCUT2D eigenvalue weighted by Crippen LogP contribution is 2.36. The fourth-order valence-electron chi connectivity index (χ4n) is 1.93. The minimum Gasteiger partial charge on any atom is -0.306 e. The summed E-state index contributed by atoms with van der Waals surface area (Å²) in [5, 5.41) is 4.33. The molecule has 1 atom stereocenters. The Morgan fingerprint density at radius 2 is 2.16 bits per heavy atom. The van der Waals surface area contributed by atoms with Crippen LogP contribution in [0.5, 0.6) is 0 Å². The maximum absolute atomic E-state index is 6.15. The van der Waals surface area contributed by atoms with Crippen LogP contribution in [0.3, 0.4) is 0 Å². The highest BCUT2D eigenvalue weighted by molar-refractivity contribution is 14.1. The Bertz CT molecular complexity index is 565. The van der Waals surface area contributed by atoms with E-state index in [-0.39, 0.29) is 6.04 Å². The quantitative estimate of drug-likeness (QED) is 0.559. The summed E-state index contributed by atoms with van der Waals surface area (Å²) in [6.07, 6.45) is 0. The van der Waals surface area contributed by atoms with Crippen LogP contribution in [0.15, 0.2) is 28.1 Å². The third-order valence-corrected chi connectivity index (χ3v) is 6.26. The van der Waals surface area contributed by atoms with Gasteiger partial charge in [-0.25, -0.2) is 0 Å². The summed E-state index contributed by atoms with van der Waals surface area (Å²) in [5.41, 5.74) is 2.52. The zero-order valence-corrected chi connectivity index (χ0v) is 16.0. The lowest BCUT2D eigenvalue weighted by atomic mass is 10.0. The van der Waals surface area contributed by atoms with Crippen LogP contribution in [0, 0.1) is 10.5 Å². The summed E-state index contributed by atoms with van der Waals surface area (Å²) in [7, 11) is 0. The van der Waals surface area contributed by atoms with Crippen molar-refractivity contribution in [3.05, 3.63) is 52.6 Å². The highest BCUT2D eigenvalue weighted by Gasteiger charge is 2.19. The maximum Gasteiger partial charge on any atom is 0.0731 e. The number of hydrogen-bond donors (Lipinski definition) is 1. The van der Waals surface area contributed by atoms with Crippen molar-refractivity contribution in [2.24, 2.45) is 0 Å². The molecule has 0 amide bonds. The van der Waals surface area contributed by atoms with Gasteiger partial charge in [0.25, 0.3) is 0 Å². The van der Waals surface area contributed by atoms with Gasteiger partial charge in [0, 0.05) is 13.5 Å². The Balaban J connectivity index is 2.47. The minimum atomic E-state index is 0.200. The van der Waals surface area contributed by atoms with Crippen molar-refractivity contribution in [3.8, 4) is 0 Å². The topological polar surface area (TPSA) is 12.0 Å². The first-order valence-corrected chi connectivity index (χ1v) is 9.03. The van der Waals surface area contributed by atoms with Crippen molar-refractivity contribution in [1.82, 2.24) is 5.32 Å². The second-order valence-electron chi connectivity index (χ2n) is 4.26. The van der Waals surface area contributed by atoms with Crippen molar-refractivity contribution >= 4 is 61.5 Å². The Morgan fingerprint density at radius 1 is 1.42 bits per heavy atom. The molecule has 102 valence electrons. The predicted octanol–water partition coefficient (Wildman–Crippen LogP) is 5.78. The first-order valence-electron chi connectivity index (χ1n) is 5.97. The normalized spacial score (nSPS) is 12.7. The van der Waals surface area contributed by atoms with Gasteiger partial charge in [-0.3, -0.25) is 0 Å². The van der Waals surface area contributed by atoms with Crippen molar-refractivity contribution in [3.63, 3.8) is 0 Å². The predicted molar refractivity (Wildman–Crippen MR) is 96.4 cm³/mol. The molecule has 0 saturated carbocycles. The molecule has 0 fully saturated rings. The zero-order valence-electron chi connectivity index (χ0n) is 10.6. The first-order chi connectivity index (χ1) is 9.02. The van der Waals surface area contributed by atoms with Gasteiger partial charge in [0.2, 0.25) is 0 Å². The Labute approximate surface area is 145 Å². The summed E-state index contributed by atoms with van der Waals surface area (Å²) in [6.45, 7) is 5.16. The smallest absolute Gasteiger partial charge is 0.0731 e. The molecule has 2 rings (SSSR count). The number of rotatable bonds is 4. The van der Waals surface area contributed by atoms with Crippen LogP contribution in [-0.4, -0.2) is 6.54 Å². The van der Waals surface area contributed by atoms with Crippen LogP contribution >= 0.6 is 61.5 Å². The third-order valence-electron chi connectivity index (χ3n) is 2.84. The summed E-state index contributed by atoms with van der Waals surface area (Å²) >= 11 is 13.9. The number of hydrogen-bond acceptors (Lipinski definition) is 2. The molecule has 1 nitrogen and oxygen atoms in total. The van der Waals surface area contributed by atoms with Crippen molar-refractivity contribution in [2.45, 2.75) is 19.9 Å². The van der Waals surface area contributed by atoms with Gasteiger partial charge in [-0.05, 0) is 87.4 Å². The molecular formula is C14H14BrClINS. The number of thiophene rings is 1. The summed E-state index contributed by atoms with van der Waals surface area (Å²) in [6, 6.07) is 8.49. The lowest BCUT2D eigenvalue weighted by Crippen LogP contribution is -2.22. The van der Waals surface area contributed by atoms with Gasteiger partial charge in [0.1, 0.15) is 0 Å². The Morgan fingerprint density at radius 3 is 2.74 bits per heavy atom. The van der Waals surface area contributed by atoms with Gasteiger partial charge in [0.05, 0.1) is 9.83 Å². The Kier molecular flexibility index (Phi) is 5.72. The Hall–Kier alpha value is 0.380. The lowest BCUT2D eigenvalue weighted by Gasteiger charge is -2.18. The molecule has 1 N–H and O–H groups in total. The molecule has 5 heteroatoms. The van der Waals surface area contributed by atoms with E-state index in [4.69, 9.17) is 11.6 Å². The van der Waals surface area contributed by atoms with E-state index in [0.29, 0.717) is 0 Å². The van der Waals surface area contributed by atoms with Gasteiger partial charge in [-0.1, -0.05) is 18.5 Å². The molecule has 1 aromatic heterocycles. The van der Waals surface area contributed by atoms with Crippen molar-refractivity contribution in [2.75, 3.05) is 6.54 Å². The second kappa shape index (κ2) is 6.89. The monoisotopic (exact) mass is 469 g/mol. The summed E-state index contributed by atoms with van der Waals surface area (Å²) in [4.78, 5) is 1.31. The van der Waals surface area contributed by atoms with Crippen molar-refractivity contribution in [1.29, 1.82) is 0 Å². The largest absolute Gasteiger partial charge is 0.306 e. The molecule has 0 saturated heterocycles. The lowest BCUT2D eigenvalue weighted by molar-refractivity contribution is 0.637. The van der Waals surface area contributed by atoms with Gasteiger partial charge < -0.3 is 5.32 Å². The van der Waals surface area contributed by atoms with Crippen LogP contribution in [0.4, 0.5) is 0 Å². The number of benzene rings is 1. The number of aryl methyl sites for hydroxylation is 1. The molecular weight excluding hydrogens is 456 g/mol. The SMILES string of the molecule is CCNC(c1cc(C)c(Br)s1)c1cc(Cl)ccc1I. The molecule has 2 aromatic rings. The molecule has 1 aromatic carbocycles. The van der Waals surface area contributed by atoms with Crippen molar-refractivity contribution < 1.29 is 0 Å². The standard InChI is InChI=1S/C14H14BrClINS/c1-3-18-13(12-6-8(2)14(15)19-12)10-7-9(16)4-5-11(10)17/h4-7,13,18H,3H2,1-2H3. The number of halogens is 3. The molecule has 0 aliphatic rings. The highest BCUT2D eigenvalue weighted by atomic mass is 127. The van der Waals surface area contributed by atoms with Crippen LogP contribution in [0.25, 0.3) is 0 Å². The fraction of sp³-hybridized carbons (Fsp3) is 0.286. The molecule has 1 heterocycles. The molecule has 0 aliphatic carbocycles. The molecule has 0 spiro atoms. The molecule has 0 aliphatic heterocycles. The van der Waals surface area contributed by atoms with E-state index in [1.165, 1.54) is 23.4 Å². The molecule has 0 bridgehead atoms. The van der Waals surface area contributed by atoms with E-state index in [0.717, 1.165) is 11.6 Å². The van der Waals surface area contributed by atoms with E-state index in [2.05, 4.69) is 75.9 Å². The summed E-state index contributed by atoms with van der Waals surface area (Å²) in [5.74, 6) is 0. The van der Waals surface area contributed by atoms with Crippen LogP contribution in [0.1, 0.15) is 29.0 Å².